The van der Waals surface area contributed by atoms with E-state index in [-0.39, 0.29) is 41.2 Å². The van der Waals surface area contributed by atoms with Crippen LogP contribution < -0.4 is 21.3 Å². The largest absolute Gasteiger partial charge is 0.354 e. The summed E-state index contributed by atoms with van der Waals surface area (Å²) >= 11 is 0. The molecule has 47 heavy (non-hydrogen) atoms. The van der Waals surface area contributed by atoms with Crippen LogP contribution in [0.4, 0.5) is 10.1 Å². The Morgan fingerprint density at radius 2 is 1.85 bits per heavy atom. The molecule has 0 aliphatic heterocycles. The average Bonchev–Trinajstić information content (AvgIpc) is 3.51. The predicted molar refractivity (Wildman–Crippen MR) is 180 cm³/mol. The molecule has 2 aromatic rings. The lowest BCUT2D eigenvalue weighted by Gasteiger charge is -2.42. The third-order valence-electron chi connectivity index (χ3n) is 10.0. The van der Waals surface area contributed by atoms with Crippen LogP contribution in [0.3, 0.4) is 0 Å². The zero-order chi connectivity index (χ0) is 34.3. The number of hydrogen-bond acceptors (Lipinski definition) is 5. The van der Waals surface area contributed by atoms with Gasteiger partial charge in [-0.25, -0.2) is 4.39 Å². The predicted octanol–water partition coefficient (Wildman–Crippen LogP) is 5.32. The summed E-state index contributed by atoms with van der Waals surface area (Å²) in [6, 6.07) is 4.17. The highest BCUT2D eigenvalue weighted by molar-refractivity contribution is 6.01. The van der Waals surface area contributed by atoms with Crippen LogP contribution >= 0.6 is 0 Å². The Labute approximate surface area is 277 Å². The van der Waals surface area contributed by atoms with Gasteiger partial charge >= 0.3 is 0 Å². The van der Waals surface area contributed by atoms with Gasteiger partial charge in [-0.3, -0.25) is 23.9 Å². The molecule has 0 saturated heterocycles. The summed E-state index contributed by atoms with van der Waals surface area (Å²) < 4.78 is 17.2. The minimum Gasteiger partial charge on any atom is -0.354 e. The first-order chi connectivity index (χ1) is 22.4. The second-order valence-electron chi connectivity index (χ2n) is 13.9. The van der Waals surface area contributed by atoms with E-state index in [0.29, 0.717) is 36.7 Å². The molecule has 2 saturated carbocycles. The maximum atomic E-state index is 15.7. The van der Waals surface area contributed by atoms with Crippen molar-refractivity contribution in [1.29, 1.82) is 0 Å². The molecule has 4 amide bonds. The number of anilines is 1. The van der Waals surface area contributed by atoms with Gasteiger partial charge in [0.25, 0.3) is 5.91 Å². The molecule has 2 aliphatic carbocycles. The quantitative estimate of drug-likeness (QED) is 0.205. The number of allylic oxidation sites excluding steroid dienone is 1. The molecule has 1 unspecified atom stereocenters. The number of halogens is 1. The zero-order valence-electron chi connectivity index (χ0n) is 28.4. The van der Waals surface area contributed by atoms with E-state index in [2.05, 4.69) is 46.8 Å². The van der Waals surface area contributed by atoms with E-state index in [4.69, 9.17) is 0 Å². The van der Waals surface area contributed by atoms with Crippen LogP contribution in [-0.4, -0.2) is 52.0 Å². The number of benzene rings is 1. The van der Waals surface area contributed by atoms with Gasteiger partial charge in [-0.1, -0.05) is 46.3 Å². The van der Waals surface area contributed by atoms with Crippen LogP contribution in [0.15, 0.2) is 43.1 Å². The van der Waals surface area contributed by atoms with E-state index < -0.39 is 35.6 Å². The van der Waals surface area contributed by atoms with Gasteiger partial charge in [-0.05, 0) is 86.0 Å². The third-order valence-corrected chi connectivity index (χ3v) is 10.0. The molecule has 1 aromatic heterocycles. The summed E-state index contributed by atoms with van der Waals surface area (Å²) in [5.74, 6) is -2.60. The Kier molecular flexibility index (Phi) is 12.0. The standard InChI is InChI=1S/C36H51FN6O4/c1-7-24-20-36(5,6)17-15-26(24)32(42-33(45)29-16-18-39-43(29)9-3)35(47)40-28-14-13-25(19-27(28)37)22(4)31(41-30(44)8-2)34(46)38-21-23-11-10-12-23/h7,13-14,16,18-19,22-24,26,31-32H,1,8-12,15,17,20-21H2,2-6H3,(H,38,46)(H,40,47)(H,41,44)(H,42,45)/t22-,24?,26-,31+,32-/m0/s1. The lowest BCUT2D eigenvalue weighted by molar-refractivity contribution is -0.129. The van der Waals surface area contributed by atoms with E-state index in [1.54, 1.807) is 30.7 Å². The van der Waals surface area contributed by atoms with Crippen LogP contribution in [0.1, 0.15) is 102 Å². The first-order valence-electron chi connectivity index (χ1n) is 17.0. The molecule has 2 aliphatic rings. The summed E-state index contributed by atoms with van der Waals surface area (Å²) in [6.45, 7) is 14.8. The molecule has 5 atom stereocenters. The highest BCUT2D eigenvalue weighted by Gasteiger charge is 2.41. The van der Waals surface area contributed by atoms with Crippen LogP contribution in [0, 0.1) is 29.0 Å². The summed E-state index contributed by atoms with van der Waals surface area (Å²) in [5.41, 5.74) is 0.850. The molecule has 256 valence electrons. The fraction of sp³-hybridized carbons (Fsp3) is 0.583. The maximum absolute atomic E-state index is 15.7. The molecule has 2 fully saturated rings. The number of aromatic nitrogens is 2. The van der Waals surface area contributed by atoms with Gasteiger partial charge in [0.1, 0.15) is 23.6 Å². The fourth-order valence-electron chi connectivity index (χ4n) is 6.76. The van der Waals surface area contributed by atoms with Crippen molar-refractivity contribution < 1.29 is 23.6 Å². The Balaban J connectivity index is 1.55. The number of rotatable bonds is 14. The number of amides is 4. The Hall–Kier alpha value is -4.02. The van der Waals surface area contributed by atoms with Crippen molar-refractivity contribution in [2.75, 3.05) is 11.9 Å². The van der Waals surface area contributed by atoms with Gasteiger partial charge in [-0.2, -0.15) is 5.10 Å². The normalized spacial score (nSPS) is 21.0. The highest BCUT2D eigenvalue weighted by Crippen LogP contribution is 2.44. The Morgan fingerprint density at radius 1 is 1.11 bits per heavy atom. The molecular formula is C36H51FN6O4. The molecule has 11 heteroatoms. The molecule has 1 aromatic carbocycles. The van der Waals surface area contributed by atoms with Crippen molar-refractivity contribution in [2.24, 2.45) is 23.2 Å². The van der Waals surface area contributed by atoms with E-state index in [1.165, 1.54) is 18.3 Å². The van der Waals surface area contributed by atoms with Crippen molar-refractivity contribution in [1.82, 2.24) is 25.7 Å². The van der Waals surface area contributed by atoms with E-state index in [9.17, 15) is 19.2 Å². The van der Waals surface area contributed by atoms with Crippen molar-refractivity contribution >= 4 is 29.3 Å². The first-order valence-corrected chi connectivity index (χ1v) is 17.0. The molecule has 4 N–H and O–H groups in total. The van der Waals surface area contributed by atoms with E-state index in [1.807, 2.05) is 13.0 Å². The number of nitrogens with one attached hydrogen (secondary N) is 4. The number of aryl methyl sites for hydroxylation is 1. The average molecular weight is 651 g/mol. The monoisotopic (exact) mass is 650 g/mol. The minimum absolute atomic E-state index is 0.0374. The molecule has 0 spiro atoms. The van der Waals surface area contributed by atoms with Gasteiger partial charge in [0, 0.05) is 31.6 Å². The second-order valence-corrected chi connectivity index (χ2v) is 13.9. The van der Waals surface area contributed by atoms with Gasteiger partial charge in [-0.15, -0.1) is 6.58 Å². The van der Waals surface area contributed by atoms with Crippen molar-refractivity contribution in [3.63, 3.8) is 0 Å². The molecular weight excluding hydrogens is 599 g/mol. The van der Waals surface area contributed by atoms with Crippen LogP contribution in [0.2, 0.25) is 0 Å². The highest BCUT2D eigenvalue weighted by atomic mass is 19.1. The second kappa shape index (κ2) is 15.7. The molecule has 1 heterocycles. The van der Waals surface area contributed by atoms with Crippen molar-refractivity contribution in [3.8, 4) is 0 Å². The summed E-state index contributed by atoms with van der Waals surface area (Å²) in [7, 11) is 0. The van der Waals surface area contributed by atoms with E-state index >= 15 is 4.39 Å². The summed E-state index contributed by atoms with van der Waals surface area (Å²) in [6.07, 6.45) is 9.24. The number of carbonyl (C=O) groups is 4. The van der Waals surface area contributed by atoms with Crippen molar-refractivity contribution in [2.45, 2.75) is 104 Å². The SMILES string of the molecule is C=CC1CC(C)(C)CC[C@@H]1[C@H](NC(=O)c1ccnn1CC)C(=O)Nc1ccc([C@H](C)[C@@H](NC(=O)CC)C(=O)NCC2CCC2)cc1F. The van der Waals surface area contributed by atoms with Gasteiger partial charge < -0.3 is 21.3 Å². The number of hydrogen-bond donors (Lipinski definition) is 4. The Bertz CT molecular complexity index is 1450. The number of carbonyl (C=O) groups excluding carboxylic acids is 4. The van der Waals surface area contributed by atoms with Gasteiger partial charge in [0.2, 0.25) is 17.7 Å². The van der Waals surface area contributed by atoms with Crippen LogP contribution in [-0.2, 0) is 20.9 Å². The maximum Gasteiger partial charge on any atom is 0.270 e. The third kappa shape index (κ3) is 8.87. The molecule has 0 bridgehead atoms. The first kappa shape index (κ1) is 35.8. The van der Waals surface area contributed by atoms with E-state index in [0.717, 1.165) is 32.1 Å². The summed E-state index contributed by atoms with van der Waals surface area (Å²) in [4.78, 5) is 52.8. The molecule has 4 rings (SSSR count). The molecule has 0 radical (unpaired) electrons. The van der Waals surface area contributed by atoms with Crippen LogP contribution in [0.25, 0.3) is 0 Å². The lowest BCUT2D eigenvalue weighted by Crippen LogP contribution is -2.52. The van der Waals surface area contributed by atoms with Gasteiger partial charge in [0.05, 0.1) is 5.69 Å². The van der Waals surface area contributed by atoms with Gasteiger partial charge in [0.15, 0.2) is 0 Å². The lowest BCUT2D eigenvalue weighted by atomic mass is 9.65. The zero-order valence-corrected chi connectivity index (χ0v) is 28.4. The van der Waals surface area contributed by atoms with Crippen molar-refractivity contribution in [3.05, 3.63) is 60.2 Å². The Morgan fingerprint density at radius 3 is 2.47 bits per heavy atom. The topological polar surface area (TPSA) is 134 Å². The number of nitrogens with zero attached hydrogens (tertiary/aromatic N) is 2. The fourth-order valence-corrected chi connectivity index (χ4v) is 6.76. The van der Waals surface area contributed by atoms with Crippen LogP contribution in [0.5, 0.6) is 0 Å². The summed E-state index contributed by atoms with van der Waals surface area (Å²) in [5, 5.41) is 15.6. The minimum atomic E-state index is -0.951. The smallest absolute Gasteiger partial charge is 0.270 e. The molecule has 10 nitrogen and oxygen atoms in total.